The van der Waals surface area contributed by atoms with Gasteiger partial charge in [0.25, 0.3) is 0 Å². The van der Waals surface area contributed by atoms with Gasteiger partial charge in [-0.1, -0.05) is 18.2 Å². The quantitative estimate of drug-likeness (QED) is 0.459. The van der Waals surface area contributed by atoms with Crippen LogP contribution in [0.4, 0.5) is 0 Å². The largest absolute Gasteiger partial charge is 0.316 e. The lowest BCUT2D eigenvalue weighted by Crippen LogP contribution is -2.23. The van der Waals surface area contributed by atoms with E-state index in [0.29, 0.717) is 0 Å². The Kier molecular flexibility index (Phi) is 6.24. The van der Waals surface area contributed by atoms with Crippen molar-refractivity contribution in [3.05, 3.63) is 30.6 Å². The fourth-order valence-corrected chi connectivity index (χ4v) is 2.85. The van der Waals surface area contributed by atoms with Crippen molar-refractivity contribution in [3.63, 3.8) is 0 Å². The summed E-state index contributed by atoms with van der Waals surface area (Å²) >= 11 is 1.79. The van der Waals surface area contributed by atoms with E-state index in [4.69, 9.17) is 0 Å². The smallest absolute Gasteiger partial charge is 0.117 e. The van der Waals surface area contributed by atoms with Crippen LogP contribution >= 0.6 is 11.8 Å². The van der Waals surface area contributed by atoms with E-state index in [1.165, 1.54) is 6.42 Å². The fraction of sp³-hybridized carbons (Fsp3) is 0.467. The van der Waals surface area contributed by atoms with E-state index in [0.717, 1.165) is 41.3 Å². The lowest BCUT2D eigenvalue weighted by atomic mass is 10.2. The molecule has 0 unspecified atom stereocenters. The maximum absolute atomic E-state index is 4.38. The molecule has 0 aliphatic heterocycles. The van der Waals surface area contributed by atoms with E-state index in [-0.39, 0.29) is 0 Å². The first kappa shape index (κ1) is 15.2. The molecule has 0 fully saturated rings. The number of rotatable bonds is 8. The van der Waals surface area contributed by atoms with Crippen molar-refractivity contribution in [3.8, 4) is 0 Å². The van der Waals surface area contributed by atoms with Crippen LogP contribution < -0.4 is 5.32 Å². The third kappa shape index (κ3) is 4.74. The highest BCUT2D eigenvalue weighted by atomic mass is 32.2. The van der Waals surface area contributed by atoms with Crippen LogP contribution in [0.5, 0.6) is 0 Å². The van der Waals surface area contributed by atoms with Crippen molar-refractivity contribution in [1.29, 1.82) is 0 Å². The van der Waals surface area contributed by atoms with Gasteiger partial charge in [-0.3, -0.25) is 0 Å². The Morgan fingerprint density at radius 1 is 1.15 bits per heavy atom. The van der Waals surface area contributed by atoms with Gasteiger partial charge < -0.3 is 10.2 Å². The van der Waals surface area contributed by atoms with E-state index in [1.807, 2.05) is 18.2 Å². The highest BCUT2D eigenvalue weighted by molar-refractivity contribution is 7.99. The summed E-state index contributed by atoms with van der Waals surface area (Å²) in [5, 5.41) is 5.69. The van der Waals surface area contributed by atoms with Crippen LogP contribution in [0.25, 0.3) is 10.9 Å². The molecule has 0 saturated heterocycles. The number of nitrogens with zero attached hydrogens (tertiary/aromatic N) is 3. The molecule has 0 saturated carbocycles. The molecule has 4 nitrogen and oxygen atoms in total. The van der Waals surface area contributed by atoms with Gasteiger partial charge in [0, 0.05) is 17.7 Å². The summed E-state index contributed by atoms with van der Waals surface area (Å²) in [6.07, 6.45) is 2.84. The first-order valence-corrected chi connectivity index (χ1v) is 7.94. The number of para-hydroxylation sites is 1. The minimum atomic E-state index is 1.01. The first-order valence-electron chi connectivity index (χ1n) is 6.95. The Hall–Kier alpha value is -1.17. The lowest BCUT2D eigenvalue weighted by molar-refractivity contribution is 0.396. The van der Waals surface area contributed by atoms with Gasteiger partial charge >= 0.3 is 0 Å². The monoisotopic (exact) mass is 290 g/mol. The Labute approximate surface area is 125 Å². The standard InChI is InChI=1S/C15H22N4S/c1-19(2)10-5-8-16-9-11-20-15-13-6-3-4-7-14(13)17-12-18-15/h3-4,6-7,12,16H,5,8-11H2,1-2H3. The molecule has 0 atom stereocenters. The van der Waals surface area contributed by atoms with Crippen LogP contribution in [0.3, 0.4) is 0 Å². The number of benzene rings is 1. The summed E-state index contributed by atoms with van der Waals surface area (Å²) in [6, 6.07) is 8.16. The maximum Gasteiger partial charge on any atom is 0.117 e. The highest BCUT2D eigenvalue weighted by Gasteiger charge is 2.02. The van der Waals surface area contributed by atoms with Gasteiger partial charge in [-0.05, 0) is 39.7 Å². The Bertz CT molecular complexity index is 525. The lowest BCUT2D eigenvalue weighted by Gasteiger charge is -2.09. The van der Waals surface area contributed by atoms with Crippen LogP contribution in [0.1, 0.15) is 6.42 Å². The average molecular weight is 290 g/mol. The predicted molar refractivity (Wildman–Crippen MR) is 86.3 cm³/mol. The molecule has 0 bridgehead atoms. The van der Waals surface area contributed by atoms with Gasteiger partial charge in [-0.2, -0.15) is 0 Å². The first-order chi connectivity index (χ1) is 9.77. The van der Waals surface area contributed by atoms with Gasteiger partial charge in [0.15, 0.2) is 0 Å². The summed E-state index contributed by atoms with van der Waals surface area (Å²) in [7, 11) is 4.21. The zero-order valence-corrected chi connectivity index (χ0v) is 13.0. The van der Waals surface area contributed by atoms with Gasteiger partial charge in [-0.15, -0.1) is 11.8 Å². The number of thioether (sulfide) groups is 1. The van der Waals surface area contributed by atoms with Crippen molar-refractivity contribution in [2.45, 2.75) is 11.4 Å². The molecule has 20 heavy (non-hydrogen) atoms. The van der Waals surface area contributed by atoms with Crippen LogP contribution in [0.15, 0.2) is 35.6 Å². The third-order valence-electron chi connectivity index (χ3n) is 2.98. The van der Waals surface area contributed by atoms with Crippen LogP contribution in [0.2, 0.25) is 0 Å². The normalized spacial score (nSPS) is 11.3. The molecule has 5 heteroatoms. The van der Waals surface area contributed by atoms with Gasteiger partial charge in [0.2, 0.25) is 0 Å². The third-order valence-corrected chi connectivity index (χ3v) is 3.99. The highest BCUT2D eigenvalue weighted by Crippen LogP contribution is 2.23. The SMILES string of the molecule is CN(C)CCCNCCSc1ncnc2ccccc12. The van der Waals surface area contributed by atoms with Gasteiger partial charge in [-0.25, -0.2) is 9.97 Å². The summed E-state index contributed by atoms with van der Waals surface area (Å²) < 4.78 is 0. The molecule has 1 N–H and O–H groups in total. The predicted octanol–water partition coefficient (Wildman–Crippen LogP) is 2.26. The number of nitrogens with one attached hydrogen (secondary N) is 1. The Balaban J connectivity index is 1.73. The van der Waals surface area contributed by atoms with Crippen molar-refractivity contribution in [2.24, 2.45) is 0 Å². The van der Waals surface area contributed by atoms with E-state index in [9.17, 15) is 0 Å². The molecule has 108 valence electrons. The molecule has 1 heterocycles. The van der Waals surface area contributed by atoms with E-state index >= 15 is 0 Å². The van der Waals surface area contributed by atoms with E-state index < -0.39 is 0 Å². The summed E-state index contributed by atoms with van der Waals surface area (Å²) in [5.74, 6) is 1.03. The molecule has 0 spiro atoms. The summed E-state index contributed by atoms with van der Waals surface area (Å²) in [4.78, 5) is 10.9. The zero-order valence-electron chi connectivity index (χ0n) is 12.2. The topological polar surface area (TPSA) is 41.0 Å². The maximum atomic E-state index is 4.38. The summed E-state index contributed by atoms with van der Waals surface area (Å²) in [5.41, 5.74) is 1.02. The molecule has 0 aliphatic rings. The minimum absolute atomic E-state index is 1.01. The van der Waals surface area contributed by atoms with Gasteiger partial charge in [0.05, 0.1) is 5.52 Å². The number of aromatic nitrogens is 2. The molecule has 0 radical (unpaired) electrons. The van der Waals surface area contributed by atoms with Crippen LogP contribution in [-0.2, 0) is 0 Å². The van der Waals surface area contributed by atoms with Crippen LogP contribution in [-0.4, -0.2) is 54.4 Å². The number of fused-ring (bicyclic) bond motifs is 1. The number of hydrogen-bond acceptors (Lipinski definition) is 5. The summed E-state index contributed by atoms with van der Waals surface area (Å²) in [6.45, 7) is 3.22. The Morgan fingerprint density at radius 2 is 2.00 bits per heavy atom. The second kappa shape index (κ2) is 8.19. The zero-order chi connectivity index (χ0) is 14.2. The molecule has 2 rings (SSSR count). The van der Waals surface area contributed by atoms with Crippen molar-refractivity contribution in [2.75, 3.05) is 39.5 Å². The molecule has 0 aliphatic carbocycles. The average Bonchev–Trinajstić information content (AvgIpc) is 2.46. The van der Waals surface area contributed by atoms with Crippen molar-refractivity contribution >= 4 is 22.7 Å². The molecule has 1 aromatic heterocycles. The van der Waals surface area contributed by atoms with Gasteiger partial charge in [0.1, 0.15) is 11.4 Å². The van der Waals surface area contributed by atoms with Crippen LogP contribution in [0, 0.1) is 0 Å². The van der Waals surface area contributed by atoms with E-state index in [1.54, 1.807) is 18.1 Å². The minimum Gasteiger partial charge on any atom is -0.316 e. The van der Waals surface area contributed by atoms with E-state index in [2.05, 4.69) is 40.3 Å². The second-order valence-corrected chi connectivity index (χ2v) is 6.03. The fourth-order valence-electron chi connectivity index (χ4n) is 1.96. The second-order valence-electron chi connectivity index (χ2n) is 4.95. The molecule has 0 amide bonds. The Morgan fingerprint density at radius 3 is 2.85 bits per heavy atom. The molecular weight excluding hydrogens is 268 g/mol. The molecular formula is C15H22N4S. The van der Waals surface area contributed by atoms with Crippen molar-refractivity contribution < 1.29 is 0 Å². The van der Waals surface area contributed by atoms with Crippen molar-refractivity contribution in [1.82, 2.24) is 20.2 Å². The molecule has 1 aromatic carbocycles. The number of hydrogen-bond donors (Lipinski definition) is 1. The molecule has 2 aromatic rings.